The van der Waals surface area contributed by atoms with Crippen molar-refractivity contribution < 1.29 is 4.52 Å². The maximum atomic E-state index is 5.66. The molecule has 2 aromatic heterocycles. The minimum atomic E-state index is 0.586. The highest BCUT2D eigenvalue weighted by Gasteiger charge is 2.18. The van der Waals surface area contributed by atoms with Crippen LogP contribution in [0.25, 0.3) is 22.4 Å². The zero-order valence-corrected chi connectivity index (χ0v) is 17.2. The van der Waals surface area contributed by atoms with Crippen LogP contribution in [0.15, 0.2) is 53.1 Å². The van der Waals surface area contributed by atoms with Crippen molar-refractivity contribution in [3.63, 3.8) is 0 Å². The highest BCUT2D eigenvalue weighted by Crippen LogP contribution is 2.30. The number of aryl methyl sites for hydroxylation is 2. The lowest BCUT2D eigenvalue weighted by Gasteiger charge is -2.13. The monoisotopic (exact) mass is 387 g/mol. The van der Waals surface area contributed by atoms with Gasteiger partial charge in [-0.1, -0.05) is 54.0 Å². The molecular formula is C23H25N5O. The van der Waals surface area contributed by atoms with Crippen LogP contribution >= 0.6 is 0 Å². The van der Waals surface area contributed by atoms with Crippen molar-refractivity contribution in [3.05, 3.63) is 65.5 Å². The van der Waals surface area contributed by atoms with Crippen molar-refractivity contribution in [2.75, 3.05) is 24.3 Å². The highest BCUT2D eigenvalue weighted by molar-refractivity contribution is 5.93. The predicted molar refractivity (Wildman–Crippen MR) is 117 cm³/mol. The maximum Gasteiger partial charge on any atom is 0.228 e. The van der Waals surface area contributed by atoms with Crippen LogP contribution in [0, 0.1) is 6.92 Å². The Bertz CT molecular complexity index is 1110. The van der Waals surface area contributed by atoms with Gasteiger partial charge in [-0.25, -0.2) is 9.97 Å². The summed E-state index contributed by atoms with van der Waals surface area (Å²) in [5, 5.41) is 7.70. The zero-order chi connectivity index (χ0) is 20.4. The Kier molecular flexibility index (Phi) is 5.16. The molecule has 0 aliphatic carbocycles. The standard InChI is InChI=1S/C23H25N5O/c1-5-19-25-21-20(17-10-6-15(2)7-11-17)27-29-22(21)23(26-19)24-14-16-8-12-18(13-9-16)28(3)4/h6-13H,5,14H2,1-4H3,(H,24,25,26). The summed E-state index contributed by atoms with van der Waals surface area (Å²) in [6, 6.07) is 16.6. The van der Waals surface area contributed by atoms with Crippen LogP contribution in [-0.4, -0.2) is 29.2 Å². The van der Waals surface area contributed by atoms with Gasteiger partial charge in [0.15, 0.2) is 5.82 Å². The summed E-state index contributed by atoms with van der Waals surface area (Å²) in [6.45, 7) is 4.75. The van der Waals surface area contributed by atoms with Crippen molar-refractivity contribution in [3.8, 4) is 11.3 Å². The lowest BCUT2D eigenvalue weighted by atomic mass is 10.1. The Labute approximate surface area is 170 Å². The minimum absolute atomic E-state index is 0.586. The molecule has 0 aliphatic rings. The van der Waals surface area contributed by atoms with Crippen LogP contribution < -0.4 is 10.2 Å². The first-order valence-corrected chi connectivity index (χ1v) is 9.78. The first-order chi connectivity index (χ1) is 14.0. The molecule has 4 rings (SSSR count). The smallest absolute Gasteiger partial charge is 0.228 e. The van der Waals surface area contributed by atoms with E-state index >= 15 is 0 Å². The molecule has 29 heavy (non-hydrogen) atoms. The number of hydrogen-bond acceptors (Lipinski definition) is 6. The summed E-state index contributed by atoms with van der Waals surface area (Å²) in [5.41, 5.74) is 6.60. The molecule has 2 heterocycles. The molecule has 4 aromatic rings. The Morgan fingerprint density at radius 2 is 1.69 bits per heavy atom. The van der Waals surface area contributed by atoms with Gasteiger partial charge in [0, 0.05) is 38.3 Å². The van der Waals surface area contributed by atoms with E-state index in [4.69, 9.17) is 4.52 Å². The third kappa shape index (κ3) is 3.92. The Morgan fingerprint density at radius 1 is 0.966 bits per heavy atom. The van der Waals surface area contributed by atoms with Gasteiger partial charge in [0.1, 0.15) is 17.0 Å². The van der Waals surface area contributed by atoms with Crippen molar-refractivity contribution in [2.45, 2.75) is 26.8 Å². The van der Waals surface area contributed by atoms with E-state index < -0.39 is 0 Å². The normalized spacial score (nSPS) is 11.0. The van der Waals surface area contributed by atoms with Gasteiger partial charge in [-0.05, 0) is 24.6 Å². The van der Waals surface area contributed by atoms with Crippen molar-refractivity contribution in [1.82, 2.24) is 15.1 Å². The van der Waals surface area contributed by atoms with Crippen LogP contribution in [0.3, 0.4) is 0 Å². The number of hydrogen-bond donors (Lipinski definition) is 1. The lowest BCUT2D eigenvalue weighted by Crippen LogP contribution is -2.09. The van der Waals surface area contributed by atoms with E-state index in [1.165, 1.54) is 16.8 Å². The third-order valence-corrected chi connectivity index (χ3v) is 4.92. The topological polar surface area (TPSA) is 67.1 Å². The number of benzene rings is 2. The van der Waals surface area contributed by atoms with Gasteiger partial charge in [0.25, 0.3) is 0 Å². The first-order valence-electron chi connectivity index (χ1n) is 9.78. The quantitative estimate of drug-likeness (QED) is 0.511. The van der Waals surface area contributed by atoms with E-state index in [1.54, 1.807) is 0 Å². The molecule has 1 N–H and O–H groups in total. The van der Waals surface area contributed by atoms with Gasteiger partial charge in [0.05, 0.1) is 0 Å². The van der Waals surface area contributed by atoms with Gasteiger partial charge >= 0.3 is 0 Å². The minimum Gasteiger partial charge on any atom is -0.378 e. The fourth-order valence-electron chi connectivity index (χ4n) is 3.15. The van der Waals surface area contributed by atoms with Crippen LogP contribution in [0.4, 0.5) is 11.5 Å². The summed E-state index contributed by atoms with van der Waals surface area (Å²) in [4.78, 5) is 11.4. The molecule has 0 bridgehead atoms. The van der Waals surface area contributed by atoms with Gasteiger partial charge in [-0.3, -0.25) is 0 Å². The Hall–Kier alpha value is -3.41. The fraction of sp³-hybridized carbons (Fsp3) is 0.261. The average Bonchev–Trinajstić information content (AvgIpc) is 3.16. The molecule has 6 heteroatoms. The predicted octanol–water partition coefficient (Wildman–Crippen LogP) is 4.83. The summed E-state index contributed by atoms with van der Waals surface area (Å²) >= 11 is 0. The zero-order valence-electron chi connectivity index (χ0n) is 17.2. The molecule has 0 unspecified atom stereocenters. The Morgan fingerprint density at radius 3 is 2.34 bits per heavy atom. The molecule has 0 atom stereocenters. The van der Waals surface area contributed by atoms with Gasteiger partial charge in [0.2, 0.25) is 5.58 Å². The van der Waals surface area contributed by atoms with Crippen molar-refractivity contribution >= 4 is 22.6 Å². The second kappa shape index (κ2) is 7.91. The van der Waals surface area contributed by atoms with Crippen LogP contribution in [-0.2, 0) is 13.0 Å². The molecule has 6 nitrogen and oxygen atoms in total. The van der Waals surface area contributed by atoms with E-state index in [1.807, 2.05) is 33.2 Å². The second-order valence-electron chi connectivity index (χ2n) is 7.33. The van der Waals surface area contributed by atoms with Gasteiger partial charge in [-0.2, -0.15) is 0 Å². The molecule has 0 saturated heterocycles. The van der Waals surface area contributed by atoms with E-state index in [-0.39, 0.29) is 0 Å². The summed E-state index contributed by atoms with van der Waals surface area (Å²) < 4.78 is 5.66. The summed E-state index contributed by atoms with van der Waals surface area (Å²) in [6.07, 6.45) is 0.737. The largest absolute Gasteiger partial charge is 0.378 e. The van der Waals surface area contributed by atoms with Gasteiger partial charge in [-0.15, -0.1) is 0 Å². The van der Waals surface area contributed by atoms with E-state index in [0.29, 0.717) is 17.9 Å². The number of aromatic nitrogens is 3. The van der Waals surface area contributed by atoms with E-state index in [2.05, 4.69) is 68.7 Å². The SMILES string of the molecule is CCc1nc(NCc2ccc(N(C)C)cc2)c2onc(-c3ccc(C)cc3)c2n1. The molecule has 0 amide bonds. The molecular weight excluding hydrogens is 362 g/mol. The van der Waals surface area contributed by atoms with E-state index in [0.717, 1.165) is 29.0 Å². The second-order valence-corrected chi connectivity index (χ2v) is 7.33. The van der Waals surface area contributed by atoms with Crippen molar-refractivity contribution in [1.29, 1.82) is 0 Å². The number of anilines is 2. The summed E-state index contributed by atoms with van der Waals surface area (Å²) in [5.74, 6) is 1.44. The molecule has 0 radical (unpaired) electrons. The van der Waals surface area contributed by atoms with E-state index in [9.17, 15) is 0 Å². The number of rotatable bonds is 6. The van der Waals surface area contributed by atoms with Crippen LogP contribution in [0.5, 0.6) is 0 Å². The lowest BCUT2D eigenvalue weighted by molar-refractivity contribution is 0.459. The highest BCUT2D eigenvalue weighted by atomic mass is 16.5. The van der Waals surface area contributed by atoms with Gasteiger partial charge < -0.3 is 14.7 Å². The molecule has 0 aliphatic heterocycles. The number of nitrogens with one attached hydrogen (secondary N) is 1. The Balaban J connectivity index is 1.66. The summed E-state index contributed by atoms with van der Waals surface area (Å²) in [7, 11) is 4.07. The first kappa shape index (κ1) is 18.9. The fourth-order valence-corrected chi connectivity index (χ4v) is 3.15. The molecule has 2 aromatic carbocycles. The number of fused-ring (bicyclic) bond motifs is 1. The van der Waals surface area contributed by atoms with Crippen LogP contribution in [0.2, 0.25) is 0 Å². The molecule has 0 fully saturated rings. The third-order valence-electron chi connectivity index (χ3n) is 4.92. The molecule has 0 spiro atoms. The average molecular weight is 387 g/mol. The molecule has 148 valence electrons. The van der Waals surface area contributed by atoms with Crippen LogP contribution in [0.1, 0.15) is 23.9 Å². The van der Waals surface area contributed by atoms with Crippen molar-refractivity contribution in [2.24, 2.45) is 0 Å². The number of nitrogens with zero attached hydrogens (tertiary/aromatic N) is 4. The molecule has 0 saturated carbocycles. The maximum absolute atomic E-state index is 5.66.